The summed E-state index contributed by atoms with van der Waals surface area (Å²) in [5.41, 5.74) is 3.70. The van der Waals surface area contributed by atoms with Gasteiger partial charge in [-0.25, -0.2) is 0 Å². The van der Waals surface area contributed by atoms with Crippen molar-refractivity contribution in [1.29, 1.82) is 0 Å². The largest absolute Gasteiger partial charge is 0.361 e. The number of benzene rings is 3. The first-order valence-electron chi connectivity index (χ1n) is 11.0. The van der Waals surface area contributed by atoms with Gasteiger partial charge in [0, 0.05) is 24.7 Å². The molecule has 2 N–H and O–H groups in total. The lowest BCUT2D eigenvalue weighted by Gasteiger charge is -2.25. The molecule has 1 aliphatic rings. The number of hydrogen-bond donors (Lipinski definition) is 2. The maximum absolute atomic E-state index is 13.3. The molecule has 3 aromatic carbocycles. The molecule has 1 aliphatic heterocycles. The fourth-order valence-corrected chi connectivity index (χ4v) is 4.33. The molecule has 1 unspecified atom stereocenters. The van der Waals surface area contributed by atoms with Crippen LogP contribution in [0.2, 0.25) is 0 Å². The molecule has 3 amide bonds. The van der Waals surface area contributed by atoms with Crippen molar-refractivity contribution in [2.24, 2.45) is 0 Å². The van der Waals surface area contributed by atoms with Crippen molar-refractivity contribution in [3.63, 3.8) is 0 Å². The zero-order chi connectivity index (χ0) is 22.8. The number of carbonyl (C=O) groups is 3. The minimum Gasteiger partial charge on any atom is -0.361 e. The zero-order valence-electron chi connectivity index (χ0n) is 18.0. The molecule has 5 rings (SSSR count). The summed E-state index contributed by atoms with van der Waals surface area (Å²) in [7, 11) is 0. The second kappa shape index (κ2) is 8.74. The van der Waals surface area contributed by atoms with E-state index in [4.69, 9.17) is 0 Å². The van der Waals surface area contributed by atoms with Crippen LogP contribution in [0.5, 0.6) is 0 Å². The maximum atomic E-state index is 13.3. The van der Waals surface area contributed by atoms with Gasteiger partial charge in [0.2, 0.25) is 5.91 Å². The molecular weight excluding hydrogens is 414 g/mol. The van der Waals surface area contributed by atoms with E-state index in [1.54, 1.807) is 24.3 Å². The van der Waals surface area contributed by atoms with E-state index in [0.29, 0.717) is 24.1 Å². The average Bonchev–Trinajstić information content (AvgIpc) is 3.41. The molecule has 0 radical (unpaired) electrons. The number of nitrogens with zero attached hydrogens (tertiary/aromatic N) is 1. The van der Waals surface area contributed by atoms with E-state index in [1.165, 1.54) is 0 Å². The predicted molar refractivity (Wildman–Crippen MR) is 126 cm³/mol. The molecule has 0 bridgehead atoms. The van der Waals surface area contributed by atoms with E-state index in [9.17, 15) is 14.4 Å². The van der Waals surface area contributed by atoms with Crippen molar-refractivity contribution in [3.8, 4) is 0 Å². The fourth-order valence-electron chi connectivity index (χ4n) is 4.33. The van der Waals surface area contributed by atoms with Crippen LogP contribution in [0.1, 0.15) is 31.8 Å². The minimum atomic E-state index is -0.925. The lowest BCUT2D eigenvalue weighted by atomic mass is 10.0. The monoisotopic (exact) mass is 437 g/mol. The number of carbonyl (C=O) groups excluding carboxylic acids is 3. The molecule has 0 spiro atoms. The maximum Gasteiger partial charge on any atom is 0.262 e. The third-order valence-corrected chi connectivity index (χ3v) is 6.04. The lowest BCUT2D eigenvalue weighted by molar-refractivity contribution is -0.125. The predicted octanol–water partition coefficient (Wildman–Crippen LogP) is 3.73. The number of hydrogen-bond acceptors (Lipinski definition) is 3. The number of fused-ring (bicyclic) bond motifs is 2. The van der Waals surface area contributed by atoms with Gasteiger partial charge in [0.15, 0.2) is 0 Å². The Labute approximate surface area is 191 Å². The van der Waals surface area contributed by atoms with E-state index >= 15 is 0 Å². The van der Waals surface area contributed by atoms with Crippen molar-refractivity contribution in [3.05, 3.63) is 107 Å². The summed E-state index contributed by atoms with van der Waals surface area (Å²) in [4.78, 5) is 43.7. The first-order chi connectivity index (χ1) is 16.1. The smallest absolute Gasteiger partial charge is 0.262 e. The molecule has 2 heterocycles. The van der Waals surface area contributed by atoms with Crippen molar-refractivity contribution in [2.45, 2.75) is 18.9 Å². The van der Waals surface area contributed by atoms with Crippen LogP contribution >= 0.6 is 0 Å². The molecule has 33 heavy (non-hydrogen) atoms. The molecular formula is C27H23N3O3. The molecule has 1 aromatic heterocycles. The number of rotatable bonds is 7. The molecule has 0 fully saturated rings. The number of aromatic nitrogens is 1. The van der Waals surface area contributed by atoms with Crippen LogP contribution in [0.3, 0.4) is 0 Å². The van der Waals surface area contributed by atoms with Gasteiger partial charge in [-0.15, -0.1) is 0 Å². The highest BCUT2D eigenvalue weighted by Crippen LogP contribution is 2.26. The highest BCUT2D eigenvalue weighted by Gasteiger charge is 2.42. The number of H-pyrrole nitrogens is 1. The summed E-state index contributed by atoms with van der Waals surface area (Å²) in [5, 5.41) is 4.08. The van der Waals surface area contributed by atoms with E-state index < -0.39 is 17.9 Å². The second-order valence-corrected chi connectivity index (χ2v) is 8.17. The fraction of sp³-hybridized carbons (Fsp3) is 0.148. The van der Waals surface area contributed by atoms with Gasteiger partial charge in [-0.05, 0) is 47.2 Å². The van der Waals surface area contributed by atoms with E-state index in [1.807, 2.05) is 54.7 Å². The van der Waals surface area contributed by atoms with Gasteiger partial charge in [-0.3, -0.25) is 19.3 Å². The summed E-state index contributed by atoms with van der Waals surface area (Å²) in [6.07, 6.45) is 2.79. The summed E-state index contributed by atoms with van der Waals surface area (Å²) in [6.45, 7) is 0.402. The molecule has 0 saturated heterocycles. The second-order valence-electron chi connectivity index (χ2n) is 8.17. The first-order valence-corrected chi connectivity index (χ1v) is 11.0. The highest BCUT2D eigenvalue weighted by atomic mass is 16.2. The third kappa shape index (κ3) is 4.03. The number of amides is 3. The first kappa shape index (κ1) is 20.7. The Balaban J connectivity index is 1.34. The lowest BCUT2D eigenvalue weighted by Crippen LogP contribution is -2.51. The van der Waals surface area contributed by atoms with Crippen LogP contribution in [-0.4, -0.2) is 40.2 Å². The molecule has 164 valence electrons. The van der Waals surface area contributed by atoms with Crippen molar-refractivity contribution < 1.29 is 14.4 Å². The Morgan fingerprint density at radius 2 is 1.55 bits per heavy atom. The van der Waals surface area contributed by atoms with Crippen LogP contribution in [0.4, 0.5) is 0 Å². The van der Waals surface area contributed by atoms with Crippen molar-refractivity contribution >= 4 is 28.6 Å². The van der Waals surface area contributed by atoms with Crippen molar-refractivity contribution in [2.75, 3.05) is 6.54 Å². The normalized spacial score (nSPS) is 13.9. The Morgan fingerprint density at radius 1 is 0.848 bits per heavy atom. The zero-order valence-corrected chi connectivity index (χ0v) is 18.0. The summed E-state index contributed by atoms with van der Waals surface area (Å²) in [5.74, 6) is -1.19. The number of nitrogens with one attached hydrogen (secondary N) is 2. The van der Waals surface area contributed by atoms with Crippen LogP contribution in [0.15, 0.2) is 85.1 Å². The summed E-state index contributed by atoms with van der Waals surface area (Å²) >= 11 is 0. The van der Waals surface area contributed by atoms with Crippen LogP contribution in [-0.2, 0) is 17.6 Å². The number of imide groups is 1. The van der Waals surface area contributed by atoms with Crippen molar-refractivity contribution in [1.82, 2.24) is 15.2 Å². The Kier molecular flexibility index (Phi) is 5.48. The van der Waals surface area contributed by atoms with Gasteiger partial charge in [-0.2, -0.15) is 0 Å². The molecule has 0 saturated carbocycles. The third-order valence-electron chi connectivity index (χ3n) is 6.04. The molecule has 6 nitrogen and oxygen atoms in total. The van der Waals surface area contributed by atoms with Crippen LogP contribution in [0.25, 0.3) is 10.9 Å². The quantitative estimate of drug-likeness (QED) is 0.432. The van der Waals surface area contributed by atoms with E-state index in [-0.39, 0.29) is 12.3 Å². The Hall–Kier alpha value is -4.19. The summed E-state index contributed by atoms with van der Waals surface area (Å²) < 4.78 is 0. The van der Waals surface area contributed by atoms with Gasteiger partial charge >= 0.3 is 0 Å². The molecule has 0 aliphatic carbocycles. The minimum absolute atomic E-state index is 0.257. The van der Waals surface area contributed by atoms with Gasteiger partial charge in [0.25, 0.3) is 11.8 Å². The average molecular weight is 437 g/mol. The topological polar surface area (TPSA) is 82.3 Å². The van der Waals surface area contributed by atoms with Gasteiger partial charge in [-0.1, -0.05) is 54.6 Å². The Bertz CT molecular complexity index is 1310. The molecule has 6 heteroatoms. The highest BCUT2D eigenvalue weighted by molar-refractivity contribution is 6.22. The molecule has 4 aromatic rings. The molecule has 1 atom stereocenters. The Morgan fingerprint density at radius 3 is 2.27 bits per heavy atom. The SMILES string of the molecule is O=C(NCCc1ccc2cc[nH]c2c1)C(Cc1ccccc1)N1C(=O)c2ccccc2C1=O. The van der Waals surface area contributed by atoms with Crippen LogP contribution < -0.4 is 5.32 Å². The van der Waals surface area contributed by atoms with Crippen LogP contribution in [0, 0.1) is 0 Å². The van der Waals surface area contributed by atoms with Gasteiger partial charge < -0.3 is 10.3 Å². The van der Waals surface area contributed by atoms with E-state index in [0.717, 1.165) is 26.9 Å². The van der Waals surface area contributed by atoms with Gasteiger partial charge in [0.05, 0.1) is 11.1 Å². The number of aromatic amines is 1. The summed E-state index contributed by atoms with van der Waals surface area (Å²) in [6, 6.07) is 23.4. The van der Waals surface area contributed by atoms with E-state index in [2.05, 4.69) is 16.4 Å². The van der Waals surface area contributed by atoms with Gasteiger partial charge in [0.1, 0.15) is 6.04 Å². The standard InChI is InChI=1S/C27H23N3O3/c31-25(29-14-12-19-10-11-20-13-15-28-23(20)16-19)24(17-18-6-2-1-3-7-18)30-26(32)21-8-4-5-9-22(21)27(30)33/h1-11,13,15-16,24,28H,12,14,17H2,(H,29,31).